The largest absolute Gasteiger partial charge is 0.360 e. The Kier molecular flexibility index (Phi) is 4.57. The van der Waals surface area contributed by atoms with Gasteiger partial charge in [0.15, 0.2) is 5.69 Å². The van der Waals surface area contributed by atoms with Gasteiger partial charge in [-0.25, -0.2) is 0 Å². The van der Waals surface area contributed by atoms with Gasteiger partial charge in [0.05, 0.1) is 0 Å². The van der Waals surface area contributed by atoms with Crippen LogP contribution in [0.3, 0.4) is 0 Å². The zero-order valence-corrected chi connectivity index (χ0v) is 14.6. The number of hydrogen-bond acceptors (Lipinski definition) is 4. The second-order valence-electron chi connectivity index (χ2n) is 7.42. The molecule has 0 radical (unpaired) electrons. The summed E-state index contributed by atoms with van der Waals surface area (Å²) in [5.74, 6) is 1.69. The van der Waals surface area contributed by atoms with Crippen molar-refractivity contribution in [3.63, 3.8) is 0 Å². The minimum absolute atomic E-state index is 0.121. The third-order valence-electron chi connectivity index (χ3n) is 5.36. The number of hydrogen-bond donors (Lipinski definition) is 1. The summed E-state index contributed by atoms with van der Waals surface area (Å²) >= 11 is 0. The van der Waals surface area contributed by atoms with Crippen LogP contribution >= 0.6 is 0 Å². The van der Waals surface area contributed by atoms with Gasteiger partial charge >= 0.3 is 0 Å². The monoisotopic (exact) mass is 339 g/mol. The summed E-state index contributed by atoms with van der Waals surface area (Å²) in [7, 11) is 0. The summed E-state index contributed by atoms with van der Waals surface area (Å²) in [6.07, 6.45) is 3.40. The number of nitrogens with one attached hydrogen (secondary N) is 1. The summed E-state index contributed by atoms with van der Waals surface area (Å²) < 4.78 is 5.28. The maximum atomic E-state index is 12.4. The maximum absolute atomic E-state index is 12.4. The molecular weight excluding hydrogens is 314 g/mol. The van der Waals surface area contributed by atoms with Crippen LogP contribution in [0.4, 0.5) is 0 Å². The van der Waals surface area contributed by atoms with Gasteiger partial charge in [0.1, 0.15) is 5.76 Å². The number of carbonyl (C=O) groups excluding carboxylic acids is 1. The van der Waals surface area contributed by atoms with Crippen LogP contribution in [0.25, 0.3) is 0 Å². The lowest BCUT2D eigenvalue weighted by Gasteiger charge is -2.21. The number of carbonyl (C=O) groups is 1. The predicted octanol–water partition coefficient (Wildman–Crippen LogP) is 3.19. The molecule has 132 valence electrons. The van der Waals surface area contributed by atoms with Crippen molar-refractivity contribution in [3.8, 4) is 0 Å². The van der Waals surface area contributed by atoms with E-state index in [4.69, 9.17) is 4.52 Å². The molecule has 1 aromatic carbocycles. The van der Waals surface area contributed by atoms with Crippen molar-refractivity contribution in [1.82, 2.24) is 15.4 Å². The molecule has 1 aliphatic heterocycles. The van der Waals surface area contributed by atoms with Gasteiger partial charge in [-0.1, -0.05) is 35.5 Å². The molecule has 1 aromatic heterocycles. The minimum atomic E-state index is -0.121. The molecule has 0 spiro atoms. The van der Waals surface area contributed by atoms with Gasteiger partial charge in [-0.15, -0.1) is 0 Å². The lowest BCUT2D eigenvalue weighted by molar-refractivity contribution is 0.0917. The third-order valence-corrected chi connectivity index (χ3v) is 5.36. The fraction of sp³-hybridized carbons (Fsp3) is 0.500. The molecule has 2 heterocycles. The van der Waals surface area contributed by atoms with Crippen LogP contribution in [0.15, 0.2) is 40.9 Å². The number of benzene rings is 1. The van der Waals surface area contributed by atoms with E-state index in [9.17, 15) is 4.79 Å². The summed E-state index contributed by atoms with van der Waals surface area (Å²) in [5, 5.41) is 7.04. The second kappa shape index (κ2) is 7.00. The van der Waals surface area contributed by atoms with Crippen molar-refractivity contribution in [1.29, 1.82) is 0 Å². The quantitative estimate of drug-likeness (QED) is 0.878. The van der Waals surface area contributed by atoms with Crippen LogP contribution < -0.4 is 5.32 Å². The van der Waals surface area contributed by atoms with E-state index in [0.29, 0.717) is 17.5 Å². The molecule has 4 rings (SSSR count). The third kappa shape index (κ3) is 3.93. The van der Waals surface area contributed by atoms with Crippen molar-refractivity contribution in [2.75, 3.05) is 13.1 Å². The summed E-state index contributed by atoms with van der Waals surface area (Å²) in [6.45, 7) is 5.17. The molecule has 5 nitrogen and oxygen atoms in total. The van der Waals surface area contributed by atoms with E-state index in [0.717, 1.165) is 44.7 Å². The van der Waals surface area contributed by atoms with Gasteiger partial charge in [0.2, 0.25) is 0 Å². The topological polar surface area (TPSA) is 58.4 Å². The average Bonchev–Trinajstić information content (AvgIpc) is 3.16. The fourth-order valence-corrected chi connectivity index (χ4v) is 3.61. The van der Waals surface area contributed by atoms with Crippen LogP contribution in [-0.4, -0.2) is 35.1 Å². The van der Waals surface area contributed by atoms with Gasteiger partial charge in [-0.3, -0.25) is 9.69 Å². The molecule has 1 N–H and O–H groups in total. The molecule has 1 saturated carbocycles. The normalized spacial score (nSPS) is 22.0. The highest BCUT2D eigenvalue weighted by atomic mass is 16.5. The van der Waals surface area contributed by atoms with Crippen LogP contribution in [0.1, 0.15) is 53.9 Å². The van der Waals surface area contributed by atoms with Crippen molar-refractivity contribution in [3.05, 3.63) is 53.4 Å². The van der Waals surface area contributed by atoms with Crippen molar-refractivity contribution < 1.29 is 9.32 Å². The number of nitrogens with zero attached hydrogens (tertiary/aromatic N) is 2. The SMILES string of the molecule is C[C@H](NC(=O)c1cc(C2CC2)on1)[C@@H]1CCN(Cc2ccccc2)C1. The second-order valence-corrected chi connectivity index (χ2v) is 7.42. The predicted molar refractivity (Wildman–Crippen MR) is 95.2 cm³/mol. The van der Waals surface area contributed by atoms with Crippen LogP contribution in [0, 0.1) is 5.92 Å². The summed E-state index contributed by atoms with van der Waals surface area (Å²) in [6, 6.07) is 12.5. The van der Waals surface area contributed by atoms with Gasteiger partial charge in [0.25, 0.3) is 5.91 Å². The number of likely N-dealkylation sites (tertiary alicyclic amines) is 1. The molecule has 0 unspecified atom stereocenters. The molecule has 1 saturated heterocycles. The van der Waals surface area contributed by atoms with E-state index < -0.39 is 0 Å². The van der Waals surface area contributed by atoms with E-state index in [-0.39, 0.29) is 11.9 Å². The van der Waals surface area contributed by atoms with E-state index in [1.165, 1.54) is 5.56 Å². The molecule has 25 heavy (non-hydrogen) atoms. The molecule has 5 heteroatoms. The maximum Gasteiger partial charge on any atom is 0.273 e. The number of rotatable bonds is 6. The first-order chi connectivity index (χ1) is 12.2. The van der Waals surface area contributed by atoms with Gasteiger partial charge < -0.3 is 9.84 Å². The summed E-state index contributed by atoms with van der Waals surface area (Å²) in [5.41, 5.74) is 1.75. The molecular formula is C20H25N3O2. The first-order valence-corrected chi connectivity index (χ1v) is 9.23. The molecule has 1 aliphatic carbocycles. The Balaban J connectivity index is 1.29. The van der Waals surface area contributed by atoms with Gasteiger partial charge in [0, 0.05) is 31.1 Å². The Morgan fingerprint density at radius 1 is 1.32 bits per heavy atom. The molecule has 0 bridgehead atoms. The minimum Gasteiger partial charge on any atom is -0.360 e. The fourth-order valence-electron chi connectivity index (χ4n) is 3.61. The first kappa shape index (κ1) is 16.3. The smallest absolute Gasteiger partial charge is 0.273 e. The highest BCUT2D eigenvalue weighted by Crippen LogP contribution is 2.40. The highest BCUT2D eigenvalue weighted by molar-refractivity contribution is 5.92. The Labute approximate surface area is 148 Å². The van der Waals surface area contributed by atoms with Crippen LogP contribution in [0.2, 0.25) is 0 Å². The number of aromatic nitrogens is 1. The van der Waals surface area contributed by atoms with E-state index in [2.05, 4.69) is 46.6 Å². The van der Waals surface area contributed by atoms with Gasteiger partial charge in [-0.05, 0) is 44.2 Å². The van der Waals surface area contributed by atoms with Crippen LogP contribution in [0.5, 0.6) is 0 Å². The number of amides is 1. The molecule has 2 aromatic rings. The Bertz CT molecular complexity index is 724. The Morgan fingerprint density at radius 3 is 2.88 bits per heavy atom. The summed E-state index contributed by atoms with van der Waals surface area (Å²) in [4.78, 5) is 14.9. The molecule has 2 fully saturated rings. The molecule has 2 atom stereocenters. The van der Waals surface area contributed by atoms with E-state index in [1.807, 2.05) is 6.07 Å². The Morgan fingerprint density at radius 2 is 2.12 bits per heavy atom. The zero-order chi connectivity index (χ0) is 17.2. The highest BCUT2D eigenvalue weighted by Gasteiger charge is 2.31. The van der Waals surface area contributed by atoms with Crippen molar-refractivity contribution >= 4 is 5.91 Å². The average molecular weight is 339 g/mol. The lowest BCUT2D eigenvalue weighted by atomic mass is 10.0. The molecule has 2 aliphatic rings. The van der Waals surface area contributed by atoms with Crippen molar-refractivity contribution in [2.24, 2.45) is 5.92 Å². The van der Waals surface area contributed by atoms with Crippen LogP contribution in [-0.2, 0) is 6.54 Å². The van der Waals surface area contributed by atoms with Gasteiger partial charge in [-0.2, -0.15) is 0 Å². The first-order valence-electron chi connectivity index (χ1n) is 9.23. The van der Waals surface area contributed by atoms with Crippen molar-refractivity contribution in [2.45, 2.75) is 44.7 Å². The standard InChI is InChI=1S/C20H25N3O2/c1-14(21-20(24)18-11-19(25-22-18)16-7-8-16)17-9-10-23(13-17)12-15-5-3-2-4-6-15/h2-6,11,14,16-17H,7-10,12-13H2,1H3,(H,21,24)/t14-,17+/m0/s1. The molecule has 1 amide bonds. The Hall–Kier alpha value is -2.14. The van der Waals surface area contributed by atoms with E-state index >= 15 is 0 Å². The lowest BCUT2D eigenvalue weighted by Crippen LogP contribution is -2.39. The zero-order valence-electron chi connectivity index (χ0n) is 14.6. The van der Waals surface area contributed by atoms with E-state index in [1.54, 1.807) is 6.07 Å².